The second-order valence-electron chi connectivity index (χ2n) is 8.90. The fourth-order valence-corrected chi connectivity index (χ4v) is 4.46. The molecule has 1 aliphatic rings. The largest absolute Gasteiger partial charge is 0.494 e. The van der Waals surface area contributed by atoms with Crippen molar-refractivity contribution < 1.29 is 14.3 Å². The summed E-state index contributed by atoms with van der Waals surface area (Å²) in [6.07, 6.45) is 12.8. The molecule has 2 aromatic carbocycles. The Morgan fingerprint density at radius 1 is 0.806 bits per heavy atom. The lowest BCUT2D eigenvalue weighted by atomic mass is 9.77. The lowest BCUT2D eigenvalue weighted by Gasteiger charge is -2.29. The number of benzene rings is 2. The van der Waals surface area contributed by atoms with Crippen molar-refractivity contribution in [3.05, 3.63) is 59.7 Å². The summed E-state index contributed by atoms with van der Waals surface area (Å²) in [5.41, 5.74) is 1.96. The zero-order valence-corrected chi connectivity index (χ0v) is 19.3. The van der Waals surface area contributed by atoms with E-state index < -0.39 is 0 Å². The van der Waals surface area contributed by atoms with Crippen LogP contribution in [-0.4, -0.2) is 12.6 Å². The fraction of sp³-hybridized carbons (Fsp3) is 0.536. The number of carbonyl (C=O) groups excluding carboxylic acids is 1. The van der Waals surface area contributed by atoms with Gasteiger partial charge >= 0.3 is 5.97 Å². The standard InChI is InChI=1S/C28H38O3/c1-3-5-7-8-22-9-11-23(12-10-22)24-13-15-25(16-14-24)28(29)31-27-19-17-26(18-20-27)30-21-6-4-2/h13-20,22-23H,3-12,21H2,1-2H3. The van der Waals surface area contributed by atoms with Gasteiger partial charge in [0.25, 0.3) is 0 Å². The molecule has 168 valence electrons. The van der Waals surface area contributed by atoms with Crippen molar-refractivity contribution in [3.8, 4) is 11.5 Å². The van der Waals surface area contributed by atoms with Crippen LogP contribution in [-0.2, 0) is 0 Å². The van der Waals surface area contributed by atoms with Crippen LogP contribution in [0.25, 0.3) is 0 Å². The average molecular weight is 423 g/mol. The van der Waals surface area contributed by atoms with Crippen LogP contribution in [0.3, 0.4) is 0 Å². The van der Waals surface area contributed by atoms with E-state index in [0.29, 0.717) is 23.8 Å². The molecule has 1 fully saturated rings. The van der Waals surface area contributed by atoms with Crippen LogP contribution < -0.4 is 9.47 Å². The maximum atomic E-state index is 12.5. The van der Waals surface area contributed by atoms with Crippen LogP contribution in [0.15, 0.2) is 48.5 Å². The third-order valence-electron chi connectivity index (χ3n) is 6.48. The molecule has 0 amide bonds. The van der Waals surface area contributed by atoms with E-state index in [9.17, 15) is 4.79 Å². The second kappa shape index (κ2) is 12.5. The van der Waals surface area contributed by atoms with E-state index in [-0.39, 0.29) is 5.97 Å². The van der Waals surface area contributed by atoms with Crippen LogP contribution in [0.5, 0.6) is 11.5 Å². The summed E-state index contributed by atoms with van der Waals surface area (Å²) in [6, 6.07) is 15.3. The van der Waals surface area contributed by atoms with E-state index in [1.807, 2.05) is 24.3 Å². The van der Waals surface area contributed by atoms with Gasteiger partial charge in [0.05, 0.1) is 12.2 Å². The molecule has 0 spiro atoms. The minimum Gasteiger partial charge on any atom is -0.494 e. The Hall–Kier alpha value is -2.29. The molecule has 2 aromatic rings. The van der Waals surface area contributed by atoms with Gasteiger partial charge in [-0.3, -0.25) is 0 Å². The van der Waals surface area contributed by atoms with Crippen LogP contribution in [0.2, 0.25) is 0 Å². The Labute approximate surface area is 188 Å². The Balaban J connectivity index is 1.47. The van der Waals surface area contributed by atoms with Gasteiger partial charge in [-0.1, -0.05) is 58.1 Å². The van der Waals surface area contributed by atoms with Crippen molar-refractivity contribution >= 4 is 5.97 Å². The molecule has 0 N–H and O–H groups in total. The highest BCUT2D eigenvalue weighted by Gasteiger charge is 2.22. The van der Waals surface area contributed by atoms with Gasteiger partial charge in [0.15, 0.2) is 0 Å². The van der Waals surface area contributed by atoms with Gasteiger partial charge in [0.1, 0.15) is 11.5 Å². The number of carbonyl (C=O) groups is 1. The highest BCUT2D eigenvalue weighted by Crippen LogP contribution is 2.37. The number of ether oxygens (including phenoxy) is 2. The van der Waals surface area contributed by atoms with Gasteiger partial charge in [0, 0.05) is 0 Å². The number of hydrogen-bond donors (Lipinski definition) is 0. The van der Waals surface area contributed by atoms with Crippen LogP contribution in [0.4, 0.5) is 0 Å². The van der Waals surface area contributed by atoms with Crippen LogP contribution >= 0.6 is 0 Å². The summed E-state index contributed by atoms with van der Waals surface area (Å²) < 4.78 is 11.2. The molecule has 0 unspecified atom stereocenters. The molecule has 0 atom stereocenters. The summed E-state index contributed by atoms with van der Waals surface area (Å²) in [5, 5.41) is 0. The summed E-state index contributed by atoms with van der Waals surface area (Å²) in [4.78, 5) is 12.5. The predicted molar refractivity (Wildman–Crippen MR) is 127 cm³/mol. The van der Waals surface area contributed by atoms with E-state index in [0.717, 1.165) is 24.5 Å². The van der Waals surface area contributed by atoms with Crippen molar-refractivity contribution in [1.29, 1.82) is 0 Å². The molecular formula is C28H38O3. The van der Waals surface area contributed by atoms with Gasteiger partial charge in [-0.2, -0.15) is 0 Å². The maximum absolute atomic E-state index is 12.5. The quantitative estimate of drug-likeness (QED) is 0.209. The van der Waals surface area contributed by atoms with Crippen molar-refractivity contribution in [2.24, 2.45) is 5.92 Å². The van der Waals surface area contributed by atoms with Crippen molar-refractivity contribution in [3.63, 3.8) is 0 Å². The molecule has 0 aliphatic heterocycles. The lowest BCUT2D eigenvalue weighted by molar-refractivity contribution is 0.0734. The predicted octanol–water partition coefficient (Wildman–Crippen LogP) is 7.94. The van der Waals surface area contributed by atoms with Crippen molar-refractivity contribution in [2.75, 3.05) is 6.61 Å². The molecule has 0 radical (unpaired) electrons. The minimum atomic E-state index is -0.314. The van der Waals surface area contributed by atoms with Gasteiger partial charge in [-0.05, 0) is 85.9 Å². The molecule has 3 nitrogen and oxygen atoms in total. The van der Waals surface area contributed by atoms with Gasteiger partial charge in [-0.25, -0.2) is 4.79 Å². The normalized spacial score (nSPS) is 18.5. The first-order chi connectivity index (χ1) is 15.2. The molecule has 1 saturated carbocycles. The Morgan fingerprint density at radius 2 is 1.45 bits per heavy atom. The number of rotatable bonds is 11. The van der Waals surface area contributed by atoms with Gasteiger partial charge < -0.3 is 9.47 Å². The van der Waals surface area contributed by atoms with Crippen molar-refractivity contribution in [2.45, 2.75) is 84.0 Å². The first kappa shape index (κ1) is 23.4. The van der Waals surface area contributed by atoms with E-state index in [4.69, 9.17) is 9.47 Å². The van der Waals surface area contributed by atoms with Crippen LogP contribution in [0, 0.1) is 5.92 Å². The third-order valence-corrected chi connectivity index (χ3v) is 6.48. The molecule has 0 saturated heterocycles. The molecule has 31 heavy (non-hydrogen) atoms. The average Bonchev–Trinajstić information content (AvgIpc) is 2.81. The summed E-state index contributed by atoms with van der Waals surface area (Å²) >= 11 is 0. The zero-order valence-electron chi connectivity index (χ0n) is 19.3. The molecule has 3 heteroatoms. The Bertz CT molecular complexity index is 771. The fourth-order valence-electron chi connectivity index (χ4n) is 4.46. The highest BCUT2D eigenvalue weighted by atomic mass is 16.5. The number of unbranched alkanes of at least 4 members (excludes halogenated alkanes) is 3. The van der Waals surface area contributed by atoms with E-state index >= 15 is 0 Å². The van der Waals surface area contributed by atoms with E-state index in [2.05, 4.69) is 26.0 Å². The zero-order chi connectivity index (χ0) is 21.9. The van der Waals surface area contributed by atoms with Crippen molar-refractivity contribution in [1.82, 2.24) is 0 Å². The Morgan fingerprint density at radius 3 is 2.10 bits per heavy atom. The molecule has 1 aliphatic carbocycles. The first-order valence-corrected chi connectivity index (χ1v) is 12.2. The SMILES string of the molecule is CCCCCC1CCC(c2ccc(C(=O)Oc3ccc(OCCCC)cc3)cc2)CC1. The monoisotopic (exact) mass is 422 g/mol. The third kappa shape index (κ3) is 7.41. The summed E-state index contributed by atoms with van der Waals surface area (Å²) in [6.45, 7) is 5.12. The van der Waals surface area contributed by atoms with E-state index in [1.54, 1.807) is 12.1 Å². The van der Waals surface area contributed by atoms with Gasteiger partial charge in [-0.15, -0.1) is 0 Å². The molecule has 0 heterocycles. The number of esters is 1. The smallest absolute Gasteiger partial charge is 0.343 e. The highest BCUT2D eigenvalue weighted by molar-refractivity contribution is 5.91. The van der Waals surface area contributed by atoms with Crippen LogP contribution in [0.1, 0.15) is 99.9 Å². The first-order valence-electron chi connectivity index (χ1n) is 12.2. The molecular weight excluding hydrogens is 384 g/mol. The van der Waals surface area contributed by atoms with Gasteiger partial charge in [0.2, 0.25) is 0 Å². The minimum absolute atomic E-state index is 0.314. The second-order valence-corrected chi connectivity index (χ2v) is 8.90. The van der Waals surface area contributed by atoms with E-state index in [1.165, 1.54) is 56.9 Å². The summed E-state index contributed by atoms with van der Waals surface area (Å²) in [5.74, 6) is 2.58. The summed E-state index contributed by atoms with van der Waals surface area (Å²) in [7, 11) is 0. The number of hydrogen-bond acceptors (Lipinski definition) is 3. The lowest BCUT2D eigenvalue weighted by Crippen LogP contribution is -2.14. The molecule has 0 bridgehead atoms. The Kier molecular flexibility index (Phi) is 9.45. The molecule has 0 aromatic heterocycles. The maximum Gasteiger partial charge on any atom is 0.343 e. The topological polar surface area (TPSA) is 35.5 Å². The molecule has 3 rings (SSSR count).